The molecule has 2 aromatic carbocycles. The zero-order valence-electron chi connectivity index (χ0n) is 9.95. The predicted molar refractivity (Wildman–Crippen MR) is 74.5 cm³/mol. The lowest BCUT2D eigenvalue weighted by atomic mass is 10.2. The first-order valence-electron chi connectivity index (χ1n) is 5.43. The molecule has 1 amide bonds. The van der Waals surface area contributed by atoms with Crippen molar-refractivity contribution < 1.29 is 18.7 Å². The minimum atomic E-state index is -0.975. The van der Waals surface area contributed by atoms with E-state index >= 15 is 0 Å². The number of hydrogen-bond acceptors (Lipinski definition) is 3. The minimum absolute atomic E-state index is 0.105. The average Bonchev–Trinajstić information content (AvgIpc) is 2.36. The molecule has 0 saturated carbocycles. The summed E-state index contributed by atoms with van der Waals surface area (Å²) in [6, 6.07) is 5.62. The number of hydrogen-bond donors (Lipinski definition) is 3. The molecule has 20 heavy (non-hydrogen) atoms. The van der Waals surface area contributed by atoms with Crippen LogP contribution in [0.4, 0.5) is 20.2 Å². The van der Waals surface area contributed by atoms with Crippen LogP contribution in [0.15, 0.2) is 34.8 Å². The van der Waals surface area contributed by atoms with Crippen molar-refractivity contribution in [2.75, 3.05) is 11.1 Å². The molecule has 0 saturated heterocycles. The molecule has 0 bridgehead atoms. The Balaban J connectivity index is 2.30. The van der Waals surface area contributed by atoms with Crippen LogP contribution >= 0.6 is 15.9 Å². The Hall–Kier alpha value is -2.15. The Bertz CT molecular complexity index is 669. The van der Waals surface area contributed by atoms with Gasteiger partial charge in [-0.15, -0.1) is 0 Å². The van der Waals surface area contributed by atoms with Crippen LogP contribution < -0.4 is 11.1 Å². The van der Waals surface area contributed by atoms with Crippen molar-refractivity contribution in [2.45, 2.75) is 0 Å². The zero-order chi connectivity index (χ0) is 14.9. The van der Waals surface area contributed by atoms with Gasteiger partial charge < -0.3 is 16.2 Å². The van der Waals surface area contributed by atoms with Gasteiger partial charge in [-0.05, 0) is 40.2 Å². The number of phenols is 1. The normalized spacial score (nSPS) is 10.3. The first kappa shape index (κ1) is 14.3. The number of nitrogen functional groups attached to an aromatic ring is 1. The van der Waals surface area contributed by atoms with E-state index in [9.17, 15) is 18.7 Å². The van der Waals surface area contributed by atoms with Crippen molar-refractivity contribution in [1.82, 2.24) is 0 Å². The molecule has 0 aliphatic carbocycles. The number of amides is 1. The molecule has 0 radical (unpaired) electrons. The standard InChI is InChI=1S/C13H9BrF2N2O2/c14-8-2-1-6(3-11(8)19)13(20)18-12-9(16)4-7(15)5-10(12)17/h1-5,19H,17H2,(H,18,20). The molecule has 7 heteroatoms. The summed E-state index contributed by atoms with van der Waals surface area (Å²) < 4.78 is 26.9. The second kappa shape index (κ2) is 5.46. The van der Waals surface area contributed by atoms with Gasteiger partial charge in [-0.25, -0.2) is 8.78 Å². The molecule has 0 atom stereocenters. The summed E-state index contributed by atoms with van der Waals surface area (Å²) in [6.07, 6.45) is 0. The van der Waals surface area contributed by atoms with Gasteiger partial charge in [0.25, 0.3) is 5.91 Å². The molecule has 4 nitrogen and oxygen atoms in total. The third kappa shape index (κ3) is 2.88. The molecule has 0 heterocycles. The first-order valence-corrected chi connectivity index (χ1v) is 6.22. The topological polar surface area (TPSA) is 75.3 Å². The molecule has 0 fully saturated rings. The fourth-order valence-corrected chi connectivity index (χ4v) is 1.81. The van der Waals surface area contributed by atoms with Gasteiger partial charge in [0.05, 0.1) is 10.2 Å². The maximum atomic E-state index is 13.5. The Morgan fingerprint density at radius 1 is 1.25 bits per heavy atom. The summed E-state index contributed by atoms with van der Waals surface area (Å²) in [7, 11) is 0. The molecule has 104 valence electrons. The quantitative estimate of drug-likeness (QED) is 0.733. The smallest absolute Gasteiger partial charge is 0.255 e. The Labute approximate surface area is 121 Å². The van der Waals surface area contributed by atoms with Gasteiger partial charge >= 0.3 is 0 Å². The van der Waals surface area contributed by atoms with Crippen molar-refractivity contribution >= 4 is 33.2 Å². The minimum Gasteiger partial charge on any atom is -0.507 e. The number of benzene rings is 2. The van der Waals surface area contributed by atoms with Crippen molar-refractivity contribution in [2.24, 2.45) is 0 Å². The van der Waals surface area contributed by atoms with E-state index in [4.69, 9.17) is 5.73 Å². The highest BCUT2D eigenvalue weighted by atomic mass is 79.9. The number of aromatic hydroxyl groups is 1. The van der Waals surface area contributed by atoms with Gasteiger partial charge in [-0.1, -0.05) is 0 Å². The lowest BCUT2D eigenvalue weighted by molar-refractivity contribution is 0.102. The van der Waals surface area contributed by atoms with E-state index in [-0.39, 0.29) is 22.7 Å². The zero-order valence-corrected chi connectivity index (χ0v) is 11.5. The van der Waals surface area contributed by atoms with E-state index in [1.165, 1.54) is 18.2 Å². The van der Waals surface area contributed by atoms with Crippen LogP contribution in [0.3, 0.4) is 0 Å². The average molecular weight is 343 g/mol. The fourth-order valence-electron chi connectivity index (χ4n) is 1.56. The molecule has 0 aromatic heterocycles. The molecule has 2 aromatic rings. The maximum absolute atomic E-state index is 13.5. The first-order chi connectivity index (χ1) is 9.38. The number of nitrogens with two attached hydrogens (primary N) is 1. The van der Waals surface area contributed by atoms with Crippen molar-refractivity contribution in [1.29, 1.82) is 0 Å². The van der Waals surface area contributed by atoms with Crippen LogP contribution in [0.5, 0.6) is 5.75 Å². The summed E-state index contributed by atoms with van der Waals surface area (Å²) >= 11 is 3.07. The van der Waals surface area contributed by atoms with Crippen LogP contribution in [-0.4, -0.2) is 11.0 Å². The van der Waals surface area contributed by atoms with E-state index in [0.717, 1.165) is 6.07 Å². The number of phenolic OH excluding ortho intramolecular Hbond substituents is 1. The largest absolute Gasteiger partial charge is 0.507 e. The number of nitrogens with one attached hydrogen (secondary N) is 1. The van der Waals surface area contributed by atoms with E-state index in [2.05, 4.69) is 21.2 Å². The third-order valence-electron chi connectivity index (χ3n) is 2.53. The van der Waals surface area contributed by atoms with E-state index in [0.29, 0.717) is 10.5 Å². The Morgan fingerprint density at radius 2 is 1.95 bits per heavy atom. The summed E-state index contributed by atoms with van der Waals surface area (Å²) in [4.78, 5) is 11.9. The molecule has 4 N–H and O–H groups in total. The predicted octanol–water partition coefficient (Wildman–Crippen LogP) is 3.27. The fraction of sp³-hybridized carbons (Fsp3) is 0. The molecule has 0 aliphatic heterocycles. The summed E-state index contributed by atoms with van der Waals surface area (Å²) in [5.74, 6) is -2.62. The van der Waals surface area contributed by atoms with E-state index in [1.807, 2.05) is 0 Å². The molecular formula is C13H9BrF2N2O2. The van der Waals surface area contributed by atoms with Crippen molar-refractivity contribution in [3.05, 3.63) is 52.0 Å². The van der Waals surface area contributed by atoms with Gasteiger partial charge in [0, 0.05) is 11.6 Å². The Morgan fingerprint density at radius 3 is 2.55 bits per heavy atom. The Kier molecular flexibility index (Phi) is 3.89. The molecule has 0 aliphatic rings. The van der Waals surface area contributed by atoms with Crippen LogP contribution in [0.1, 0.15) is 10.4 Å². The van der Waals surface area contributed by atoms with Gasteiger partial charge in [-0.3, -0.25) is 4.79 Å². The summed E-state index contributed by atoms with van der Waals surface area (Å²) in [6.45, 7) is 0. The van der Waals surface area contributed by atoms with Crippen LogP contribution in [0.2, 0.25) is 0 Å². The van der Waals surface area contributed by atoms with E-state index < -0.39 is 17.5 Å². The molecular weight excluding hydrogens is 334 g/mol. The second-order valence-corrected chi connectivity index (χ2v) is 4.83. The number of rotatable bonds is 2. The van der Waals surface area contributed by atoms with Crippen molar-refractivity contribution in [3.8, 4) is 5.75 Å². The van der Waals surface area contributed by atoms with Crippen molar-refractivity contribution in [3.63, 3.8) is 0 Å². The van der Waals surface area contributed by atoms with Gasteiger partial charge in [0.1, 0.15) is 17.3 Å². The second-order valence-electron chi connectivity index (χ2n) is 3.97. The van der Waals surface area contributed by atoms with Crippen LogP contribution in [0, 0.1) is 11.6 Å². The van der Waals surface area contributed by atoms with Crippen LogP contribution in [0.25, 0.3) is 0 Å². The highest BCUT2D eigenvalue weighted by Gasteiger charge is 2.14. The van der Waals surface area contributed by atoms with Gasteiger partial charge in [0.2, 0.25) is 0 Å². The molecule has 0 unspecified atom stereocenters. The highest BCUT2D eigenvalue weighted by Crippen LogP contribution is 2.27. The maximum Gasteiger partial charge on any atom is 0.255 e. The number of anilines is 2. The third-order valence-corrected chi connectivity index (χ3v) is 3.20. The lowest BCUT2D eigenvalue weighted by Crippen LogP contribution is -2.14. The number of carbonyl (C=O) groups is 1. The van der Waals surface area contributed by atoms with Crippen LogP contribution in [-0.2, 0) is 0 Å². The monoisotopic (exact) mass is 342 g/mol. The lowest BCUT2D eigenvalue weighted by Gasteiger charge is -2.10. The van der Waals surface area contributed by atoms with Gasteiger partial charge in [0.15, 0.2) is 5.82 Å². The van der Waals surface area contributed by atoms with E-state index in [1.54, 1.807) is 0 Å². The number of halogens is 3. The highest BCUT2D eigenvalue weighted by molar-refractivity contribution is 9.10. The summed E-state index contributed by atoms with van der Waals surface area (Å²) in [5, 5.41) is 11.7. The molecule has 2 rings (SSSR count). The number of carbonyl (C=O) groups excluding carboxylic acids is 1. The SMILES string of the molecule is Nc1cc(F)cc(F)c1NC(=O)c1ccc(Br)c(O)c1. The van der Waals surface area contributed by atoms with Gasteiger partial charge in [-0.2, -0.15) is 0 Å². The summed E-state index contributed by atoms with van der Waals surface area (Å²) in [5.41, 5.74) is 5.02. The molecule has 0 spiro atoms.